The first kappa shape index (κ1) is 16.8. The van der Waals surface area contributed by atoms with Crippen molar-refractivity contribution in [2.24, 2.45) is 0 Å². The Hall–Kier alpha value is -3.02. The molecule has 25 heavy (non-hydrogen) atoms. The molecule has 1 aromatic carbocycles. The topological polar surface area (TPSA) is 79.4 Å². The predicted molar refractivity (Wildman–Crippen MR) is 93.8 cm³/mol. The molecular formula is C19H19N3O3. The normalized spacial score (nSPS) is 13.6. The van der Waals surface area contributed by atoms with E-state index in [1.807, 2.05) is 0 Å². The van der Waals surface area contributed by atoms with Gasteiger partial charge < -0.3 is 10.2 Å². The fourth-order valence-corrected chi connectivity index (χ4v) is 2.85. The summed E-state index contributed by atoms with van der Waals surface area (Å²) in [5, 5.41) is 2.70. The Morgan fingerprint density at radius 1 is 0.960 bits per heavy atom. The summed E-state index contributed by atoms with van der Waals surface area (Å²) in [6.45, 7) is 2.89. The van der Waals surface area contributed by atoms with Crippen LogP contribution in [0.15, 0.2) is 42.5 Å². The third-order valence-electron chi connectivity index (χ3n) is 4.15. The van der Waals surface area contributed by atoms with Crippen molar-refractivity contribution >= 4 is 23.3 Å². The number of amides is 2. The number of para-hydroxylation sites is 1. The van der Waals surface area contributed by atoms with Crippen LogP contribution in [0, 0.1) is 0 Å². The minimum atomic E-state index is -0.454. The summed E-state index contributed by atoms with van der Waals surface area (Å²) >= 11 is 0. The summed E-state index contributed by atoms with van der Waals surface area (Å²) < 4.78 is 0. The number of aromatic nitrogens is 1. The van der Waals surface area contributed by atoms with Gasteiger partial charge in [0.2, 0.25) is 0 Å². The van der Waals surface area contributed by atoms with Crippen LogP contribution in [-0.4, -0.2) is 40.6 Å². The monoisotopic (exact) mass is 337 g/mol. The average Bonchev–Trinajstić information content (AvgIpc) is 3.16. The predicted octanol–water partition coefficient (Wildman–Crippen LogP) is 2.77. The third-order valence-corrected chi connectivity index (χ3v) is 4.15. The molecule has 1 saturated heterocycles. The smallest absolute Gasteiger partial charge is 0.274 e. The van der Waals surface area contributed by atoms with Crippen molar-refractivity contribution in [3.8, 4) is 0 Å². The molecule has 2 aromatic rings. The van der Waals surface area contributed by atoms with Crippen LogP contribution in [0.1, 0.15) is 51.1 Å². The summed E-state index contributed by atoms with van der Waals surface area (Å²) in [5.41, 5.74) is 1.26. The van der Waals surface area contributed by atoms with E-state index in [9.17, 15) is 14.4 Å². The van der Waals surface area contributed by atoms with Gasteiger partial charge in [-0.05, 0) is 44.0 Å². The number of likely N-dealkylation sites (tertiary alicyclic amines) is 1. The number of hydrogen-bond donors (Lipinski definition) is 1. The molecule has 1 N–H and O–H groups in total. The van der Waals surface area contributed by atoms with Crippen LogP contribution in [0.4, 0.5) is 5.69 Å². The average molecular weight is 337 g/mol. The van der Waals surface area contributed by atoms with Crippen LogP contribution in [0.5, 0.6) is 0 Å². The molecule has 0 bridgehead atoms. The van der Waals surface area contributed by atoms with Gasteiger partial charge in [-0.15, -0.1) is 0 Å². The largest absolute Gasteiger partial charge is 0.337 e. The maximum Gasteiger partial charge on any atom is 0.274 e. The number of hydrogen-bond acceptors (Lipinski definition) is 4. The Morgan fingerprint density at radius 3 is 2.36 bits per heavy atom. The van der Waals surface area contributed by atoms with Gasteiger partial charge in [0.25, 0.3) is 11.8 Å². The standard InChI is InChI=1S/C19H19N3O3/c1-13(23)14-7-2-3-8-15(14)21-18(24)16-9-6-10-17(20-16)19(25)22-11-4-5-12-22/h2-3,6-10H,4-5,11-12H2,1H3,(H,21,24). The Labute approximate surface area is 145 Å². The van der Waals surface area contributed by atoms with Gasteiger partial charge in [-0.3, -0.25) is 14.4 Å². The van der Waals surface area contributed by atoms with Gasteiger partial charge in [-0.25, -0.2) is 4.98 Å². The van der Waals surface area contributed by atoms with Crippen molar-refractivity contribution in [2.75, 3.05) is 18.4 Å². The zero-order chi connectivity index (χ0) is 17.8. The molecule has 0 aliphatic carbocycles. The fourth-order valence-electron chi connectivity index (χ4n) is 2.85. The number of ketones is 1. The zero-order valence-electron chi connectivity index (χ0n) is 14.0. The first-order valence-electron chi connectivity index (χ1n) is 8.24. The molecule has 1 fully saturated rings. The van der Waals surface area contributed by atoms with E-state index in [0.717, 1.165) is 25.9 Å². The van der Waals surface area contributed by atoms with Crippen LogP contribution < -0.4 is 5.32 Å². The van der Waals surface area contributed by atoms with E-state index in [0.29, 0.717) is 11.3 Å². The second-order valence-corrected chi connectivity index (χ2v) is 5.96. The van der Waals surface area contributed by atoms with E-state index >= 15 is 0 Å². The van der Waals surface area contributed by atoms with Crippen LogP contribution in [0.2, 0.25) is 0 Å². The number of rotatable bonds is 4. The molecule has 1 aromatic heterocycles. The van der Waals surface area contributed by atoms with Gasteiger partial charge >= 0.3 is 0 Å². The van der Waals surface area contributed by atoms with E-state index < -0.39 is 5.91 Å². The Balaban J connectivity index is 1.80. The van der Waals surface area contributed by atoms with Crippen molar-refractivity contribution < 1.29 is 14.4 Å². The maximum atomic E-state index is 12.5. The summed E-state index contributed by atoms with van der Waals surface area (Å²) in [6, 6.07) is 11.6. The molecule has 2 heterocycles. The molecule has 2 amide bonds. The van der Waals surface area contributed by atoms with E-state index in [4.69, 9.17) is 0 Å². The molecule has 1 aliphatic heterocycles. The maximum absolute atomic E-state index is 12.5. The highest BCUT2D eigenvalue weighted by atomic mass is 16.2. The minimum Gasteiger partial charge on any atom is -0.337 e. The number of benzene rings is 1. The zero-order valence-corrected chi connectivity index (χ0v) is 14.0. The summed E-state index contributed by atoms with van der Waals surface area (Å²) in [4.78, 5) is 42.5. The van der Waals surface area contributed by atoms with Gasteiger partial charge in [0.05, 0.1) is 5.69 Å². The van der Waals surface area contributed by atoms with Crippen molar-refractivity contribution in [1.29, 1.82) is 0 Å². The van der Waals surface area contributed by atoms with Crippen molar-refractivity contribution in [3.05, 3.63) is 59.4 Å². The minimum absolute atomic E-state index is 0.137. The van der Waals surface area contributed by atoms with Crippen molar-refractivity contribution in [2.45, 2.75) is 19.8 Å². The number of Topliss-reactive ketones (excluding diaryl/α,β-unsaturated/α-hetero) is 1. The first-order valence-corrected chi connectivity index (χ1v) is 8.24. The lowest BCUT2D eigenvalue weighted by molar-refractivity contribution is 0.0786. The highest BCUT2D eigenvalue weighted by Crippen LogP contribution is 2.17. The fraction of sp³-hybridized carbons (Fsp3) is 0.263. The highest BCUT2D eigenvalue weighted by Gasteiger charge is 2.21. The molecule has 3 rings (SSSR count). The lowest BCUT2D eigenvalue weighted by Gasteiger charge is -2.15. The lowest BCUT2D eigenvalue weighted by atomic mass is 10.1. The molecule has 0 atom stereocenters. The summed E-state index contributed by atoms with van der Waals surface area (Å²) in [6.07, 6.45) is 1.99. The Kier molecular flexibility index (Phi) is 4.88. The van der Waals surface area contributed by atoms with Crippen molar-refractivity contribution in [3.63, 3.8) is 0 Å². The van der Waals surface area contributed by atoms with Crippen LogP contribution >= 0.6 is 0 Å². The van der Waals surface area contributed by atoms with E-state index in [-0.39, 0.29) is 23.1 Å². The van der Waals surface area contributed by atoms with E-state index in [1.165, 1.54) is 6.92 Å². The molecule has 0 radical (unpaired) electrons. The number of carbonyl (C=O) groups excluding carboxylic acids is 3. The highest BCUT2D eigenvalue weighted by molar-refractivity contribution is 6.08. The van der Waals surface area contributed by atoms with Gasteiger partial charge in [0, 0.05) is 18.7 Å². The molecule has 6 heteroatoms. The molecule has 1 aliphatic rings. The molecular weight excluding hydrogens is 318 g/mol. The van der Waals surface area contributed by atoms with Crippen molar-refractivity contribution in [1.82, 2.24) is 9.88 Å². The quantitative estimate of drug-likeness (QED) is 0.870. The second kappa shape index (κ2) is 7.25. The van der Waals surface area contributed by atoms with Crippen LogP contribution in [0.3, 0.4) is 0 Å². The van der Waals surface area contributed by atoms with Gasteiger partial charge in [0.15, 0.2) is 5.78 Å². The lowest BCUT2D eigenvalue weighted by Crippen LogP contribution is -2.29. The Morgan fingerprint density at radius 2 is 1.64 bits per heavy atom. The van der Waals surface area contributed by atoms with Crippen LogP contribution in [0.25, 0.3) is 0 Å². The van der Waals surface area contributed by atoms with Gasteiger partial charge in [-0.1, -0.05) is 18.2 Å². The number of carbonyl (C=O) groups is 3. The molecule has 6 nitrogen and oxygen atoms in total. The SMILES string of the molecule is CC(=O)c1ccccc1NC(=O)c1cccc(C(=O)N2CCCC2)n1. The number of anilines is 1. The Bertz CT molecular complexity index is 826. The summed E-state index contributed by atoms with van der Waals surface area (Å²) in [5.74, 6) is -0.747. The second-order valence-electron chi connectivity index (χ2n) is 5.96. The molecule has 0 unspecified atom stereocenters. The molecule has 128 valence electrons. The van der Waals surface area contributed by atoms with Gasteiger partial charge in [0.1, 0.15) is 11.4 Å². The first-order chi connectivity index (χ1) is 12.1. The number of nitrogens with zero attached hydrogens (tertiary/aromatic N) is 2. The van der Waals surface area contributed by atoms with Gasteiger partial charge in [-0.2, -0.15) is 0 Å². The van der Waals surface area contributed by atoms with Crippen LogP contribution in [-0.2, 0) is 0 Å². The third kappa shape index (κ3) is 3.74. The molecule has 0 saturated carbocycles. The molecule has 0 spiro atoms. The van der Waals surface area contributed by atoms with E-state index in [2.05, 4.69) is 10.3 Å². The number of pyridine rings is 1. The van der Waals surface area contributed by atoms with E-state index in [1.54, 1.807) is 47.4 Å². The number of nitrogens with one attached hydrogen (secondary N) is 1. The summed E-state index contributed by atoms with van der Waals surface area (Å²) in [7, 11) is 0.